The molecule has 1 aliphatic heterocycles. The van der Waals surface area contributed by atoms with Crippen molar-refractivity contribution < 1.29 is 9.90 Å². The van der Waals surface area contributed by atoms with Crippen molar-refractivity contribution in [3.05, 3.63) is 0 Å². The summed E-state index contributed by atoms with van der Waals surface area (Å²) < 4.78 is 0. The Labute approximate surface area is 116 Å². The lowest BCUT2D eigenvalue weighted by Crippen LogP contribution is -2.49. The number of rotatable bonds is 4. The van der Waals surface area contributed by atoms with Gasteiger partial charge in [0.15, 0.2) is 0 Å². The quantitative estimate of drug-likeness (QED) is 0.842. The topological polar surface area (TPSA) is 43.8 Å². The van der Waals surface area contributed by atoms with E-state index in [2.05, 4.69) is 23.6 Å². The average Bonchev–Trinajstić information content (AvgIpc) is 2.75. The maximum absolute atomic E-state index is 12.5. The summed E-state index contributed by atoms with van der Waals surface area (Å²) in [5.74, 6) is 0.246. The molecule has 2 rings (SSSR count). The second kappa shape index (κ2) is 6.71. The van der Waals surface area contributed by atoms with Crippen molar-refractivity contribution in [1.82, 2.24) is 9.80 Å². The maximum Gasteiger partial charge on any atom is 0.237 e. The number of hydrogen-bond acceptors (Lipinski definition) is 3. The number of β-amino-alcohol motifs (C(OH)–C–C–N with tert-alkyl or cyclic N) is 1. The minimum atomic E-state index is -0.241. The molecule has 1 N–H and O–H groups in total. The van der Waals surface area contributed by atoms with Gasteiger partial charge in [0.05, 0.1) is 12.6 Å². The van der Waals surface area contributed by atoms with E-state index in [4.69, 9.17) is 0 Å². The molecule has 19 heavy (non-hydrogen) atoms. The molecular weight excluding hydrogens is 240 g/mol. The van der Waals surface area contributed by atoms with Crippen LogP contribution in [-0.4, -0.2) is 58.6 Å². The van der Waals surface area contributed by atoms with Gasteiger partial charge in [-0.2, -0.15) is 0 Å². The number of carbonyl (C=O) groups is 1. The molecule has 0 radical (unpaired) electrons. The third-order valence-electron chi connectivity index (χ3n) is 4.42. The molecule has 1 heterocycles. The third kappa shape index (κ3) is 3.93. The molecule has 110 valence electrons. The first-order valence-corrected chi connectivity index (χ1v) is 7.79. The van der Waals surface area contributed by atoms with E-state index in [1.807, 2.05) is 0 Å². The summed E-state index contributed by atoms with van der Waals surface area (Å²) in [6.07, 6.45) is 6.70. The van der Waals surface area contributed by atoms with Gasteiger partial charge >= 0.3 is 0 Å². The van der Waals surface area contributed by atoms with E-state index in [1.54, 1.807) is 0 Å². The SMILES string of the molecule is CC(C)N(C(=O)CN1CCC(O)C1)C1CCCCC1. The average molecular weight is 268 g/mol. The number of likely N-dealkylation sites (tertiary alicyclic amines) is 1. The molecule has 0 spiro atoms. The van der Waals surface area contributed by atoms with E-state index < -0.39 is 0 Å². The minimum Gasteiger partial charge on any atom is -0.392 e. The van der Waals surface area contributed by atoms with Gasteiger partial charge in [-0.1, -0.05) is 19.3 Å². The van der Waals surface area contributed by atoms with Crippen LogP contribution >= 0.6 is 0 Å². The predicted molar refractivity (Wildman–Crippen MR) is 75.9 cm³/mol. The molecule has 4 heteroatoms. The summed E-state index contributed by atoms with van der Waals surface area (Å²) >= 11 is 0. The molecule has 4 nitrogen and oxygen atoms in total. The Morgan fingerprint density at radius 3 is 2.47 bits per heavy atom. The van der Waals surface area contributed by atoms with Crippen LogP contribution in [-0.2, 0) is 4.79 Å². The Kier molecular flexibility index (Phi) is 5.22. The van der Waals surface area contributed by atoms with Gasteiger partial charge in [-0.05, 0) is 33.1 Å². The monoisotopic (exact) mass is 268 g/mol. The van der Waals surface area contributed by atoms with E-state index in [0.717, 1.165) is 25.8 Å². The molecule has 0 aromatic rings. The Morgan fingerprint density at radius 2 is 1.95 bits per heavy atom. The van der Waals surface area contributed by atoms with Crippen molar-refractivity contribution >= 4 is 5.91 Å². The number of aliphatic hydroxyl groups excluding tert-OH is 1. The van der Waals surface area contributed by atoms with Crippen LogP contribution in [0.3, 0.4) is 0 Å². The Balaban J connectivity index is 1.92. The van der Waals surface area contributed by atoms with Crippen molar-refractivity contribution in [3.8, 4) is 0 Å². The van der Waals surface area contributed by atoms with Gasteiger partial charge in [-0.3, -0.25) is 9.69 Å². The van der Waals surface area contributed by atoms with Gasteiger partial charge in [0.25, 0.3) is 0 Å². The normalized spacial score (nSPS) is 26.0. The molecule has 1 unspecified atom stereocenters. The van der Waals surface area contributed by atoms with Crippen LogP contribution in [0.2, 0.25) is 0 Å². The van der Waals surface area contributed by atoms with Crippen molar-refractivity contribution in [1.29, 1.82) is 0 Å². The zero-order valence-corrected chi connectivity index (χ0v) is 12.3. The van der Waals surface area contributed by atoms with Crippen LogP contribution in [0.25, 0.3) is 0 Å². The van der Waals surface area contributed by atoms with E-state index in [1.165, 1.54) is 19.3 Å². The summed E-state index contributed by atoms with van der Waals surface area (Å²) in [5.41, 5.74) is 0. The van der Waals surface area contributed by atoms with Gasteiger partial charge < -0.3 is 10.0 Å². The molecule has 1 aliphatic carbocycles. The largest absolute Gasteiger partial charge is 0.392 e. The number of carbonyl (C=O) groups excluding carboxylic acids is 1. The van der Waals surface area contributed by atoms with E-state index in [9.17, 15) is 9.90 Å². The summed E-state index contributed by atoms with van der Waals surface area (Å²) in [7, 11) is 0. The van der Waals surface area contributed by atoms with Crippen LogP contribution in [0.1, 0.15) is 52.4 Å². The van der Waals surface area contributed by atoms with Gasteiger partial charge in [0.1, 0.15) is 0 Å². The van der Waals surface area contributed by atoms with Gasteiger partial charge in [-0.15, -0.1) is 0 Å². The number of aliphatic hydroxyl groups is 1. The van der Waals surface area contributed by atoms with Gasteiger partial charge in [0.2, 0.25) is 5.91 Å². The Bertz CT molecular complexity index is 301. The van der Waals surface area contributed by atoms with Crippen LogP contribution < -0.4 is 0 Å². The fraction of sp³-hybridized carbons (Fsp3) is 0.933. The van der Waals surface area contributed by atoms with Crippen molar-refractivity contribution in [3.63, 3.8) is 0 Å². The van der Waals surface area contributed by atoms with Crippen molar-refractivity contribution in [2.75, 3.05) is 19.6 Å². The zero-order chi connectivity index (χ0) is 13.8. The lowest BCUT2D eigenvalue weighted by atomic mass is 9.93. The Hall–Kier alpha value is -0.610. The highest BCUT2D eigenvalue weighted by molar-refractivity contribution is 5.79. The van der Waals surface area contributed by atoms with Crippen LogP contribution in [0, 0.1) is 0 Å². The van der Waals surface area contributed by atoms with Crippen LogP contribution in [0.15, 0.2) is 0 Å². The lowest BCUT2D eigenvalue weighted by Gasteiger charge is -2.38. The second-order valence-electron chi connectivity index (χ2n) is 6.36. The van der Waals surface area contributed by atoms with E-state index in [0.29, 0.717) is 19.1 Å². The molecular formula is C15H28N2O2. The zero-order valence-electron chi connectivity index (χ0n) is 12.3. The summed E-state index contributed by atoms with van der Waals surface area (Å²) in [6, 6.07) is 0.719. The fourth-order valence-electron chi connectivity index (χ4n) is 3.50. The lowest BCUT2D eigenvalue weighted by molar-refractivity contribution is -0.137. The first-order valence-electron chi connectivity index (χ1n) is 7.79. The highest BCUT2D eigenvalue weighted by atomic mass is 16.3. The summed E-state index contributed by atoms with van der Waals surface area (Å²) in [4.78, 5) is 16.7. The van der Waals surface area contributed by atoms with Crippen molar-refractivity contribution in [2.45, 2.75) is 70.6 Å². The molecule has 0 bridgehead atoms. The van der Waals surface area contributed by atoms with Gasteiger partial charge in [0, 0.05) is 25.2 Å². The van der Waals surface area contributed by atoms with Crippen molar-refractivity contribution in [2.24, 2.45) is 0 Å². The van der Waals surface area contributed by atoms with Gasteiger partial charge in [-0.25, -0.2) is 0 Å². The molecule has 2 aliphatic rings. The minimum absolute atomic E-state index is 0.241. The first-order chi connectivity index (χ1) is 9.08. The highest BCUT2D eigenvalue weighted by Crippen LogP contribution is 2.24. The predicted octanol–water partition coefficient (Wildman–Crippen LogP) is 1.62. The molecule has 1 amide bonds. The third-order valence-corrected chi connectivity index (χ3v) is 4.42. The number of amides is 1. The Morgan fingerprint density at radius 1 is 1.26 bits per heavy atom. The molecule has 1 saturated carbocycles. The molecule has 0 aromatic heterocycles. The fourth-order valence-corrected chi connectivity index (χ4v) is 3.50. The smallest absolute Gasteiger partial charge is 0.237 e. The molecule has 1 atom stereocenters. The van der Waals surface area contributed by atoms with Crippen LogP contribution in [0.4, 0.5) is 0 Å². The molecule has 2 fully saturated rings. The second-order valence-corrected chi connectivity index (χ2v) is 6.36. The van der Waals surface area contributed by atoms with E-state index in [-0.39, 0.29) is 18.1 Å². The highest BCUT2D eigenvalue weighted by Gasteiger charge is 2.30. The molecule has 1 saturated heterocycles. The maximum atomic E-state index is 12.5. The number of hydrogen-bond donors (Lipinski definition) is 1. The van der Waals surface area contributed by atoms with E-state index >= 15 is 0 Å². The summed E-state index contributed by atoms with van der Waals surface area (Å²) in [5, 5.41) is 9.54. The number of nitrogens with zero attached hydrogens (tertiary/aromatic N) is 2. The standard InChI is InChI=1S/C15H28N2O2/c1-12(2)17(13-6-4-3-5-7-13)15(19)11-16-9-8-14(18)10-16/h12-14,18H,3-11H2,1-2H3. The summed E-state index contributed by atoms with van der Waals surface area (Å²) in [6.45, 7) is 6.22. The first kappa shape index (κ1) is 14.8. The molecule has 0 aromatic carbocycles. The van der Waals surface area contributed by atoms with Crippen LogP contribution in [0.5, 0.6) is 0 Å².